The number of carbonyl (C=O) groups excluding carboxylic acids is 1. The standard InChI is InChI=1S/C16H16N4O3S2/c1-20-8-10(6-19-20)12-5-11(3-4-13(12)22-2)24-15-7-18-14(25-15)9-23-16(17)21/h3-8H,9H2,1-2H3,(H2,17,21). The van der Waals surface area contributed by atoms with Crippen molar-refractivity contribution < 1.29 is 14.3 Å². The molecule has 0 atom stereocenters. The molecule has 3 aromatic rings. The second-order valence-corrected chi connectivity index (χ2v) is 7.54. The van der Waals surface area contributed by atoms with Crippen LogP contribution in [0.4, 0.5) is 4.79 Å². The lowest BCUT2D eigenvalue weighted by molar-refractivity contribution is 0.150. The van der Waals surface area contributed by atoms with Gasteiger partial charge in [0.25, 0.3) is 0 Å². The average molecular weight is 376 g/mol. The van der Waals surface area contributed by atoms with E-state index in [4.69, 9.17) is 15.2 Å². The van der Waals surface area contributed by atoms with Gasteiger partial charge in [-0.2, -0.15) is 5.10 Å². The van der Waals surface area contributed by atoms with Gasteiger partial charge in [0, 0.05) is 29.3 Å². The third-order valence-corrected chi connectivity index (χ3v) is 5.34. The number of thiazole rings is 1. The van der Waals surface area contributed by atoms with Gasteiger partial charge in [0.2, 0.25) is 0 Å². The Labute approximate surface area is 152 Å². The van der Waals surface area contributed by atoms with E-state index in [-0.39, 0.29) is 6.61 Å². The lowest BCUT2D eigenvalue weighted by Crippen LogP contribution is -2.12. The molecule has 1 aromatic carbocycles. The summed E-state index contributed by atoms with van der Waals surface area (Å²) in [6.07, 6.45) is 4.69. The smallest absolute Gasteiger partial charge is 0.404 e. The summed E-state index contributed by atoms with van der Waals surface area (Å²) in [5.74, 6) is 0.789. The van der Waals surface area contributed by atoms with Crippen LogP contribution in [0.3, 0.4) is 0 Å². The van der Waals surface area contributed by atoms with Gasteiger partial charge in [0.15, 0.2) is 0 Å². The number of hydrogen-bond donors (Lipinski definition) is 1. The second kappa shape index (κ2) is 7.58. The largest absolute Gasteiger partial charge is 0.496 e. The van der Waals surface area contributed by atoms with Crippen LogP contribution in [0.1, 0.15) is 5.01 Å². The maximum Gasteiger partial charge on any atom is 0.404 e. The van der Waals surface area contributed by atoms with E-state index in [1.165, 1.54) is 11.3 Å². The summed E-state index contributed by atoms with van der Waals surface area (Å²) in [5, 5.41) is 4.91. The molecule has 0 unspecified atom stereocenters. The van der Waals surface area contributed by atoms with Crippen molar-refractivity contribution in [2.45, 2.75) is 15.7 Å². The average Bonchev–Trinajstić information content (AvgIpc) is 3.22. The number of hydrogen-bond acceptors (Lipinski definition) is 7. The highest BCUT2D eigenvalue weighted by Crippen LogP contribution is 2.38. The lowest BCUT2D eigenvalue weighted by Gasteiger charge is -2.08. The highest BCUT2D eigenvalue weighted by molar-refractivity contribution is 8.01. The predicted molar refractivity (Wildman–Crippen MR) is 95.8 cm³/mol. The molecule has 0 fully saturated rings. The quantitative estimate of drug-likeness (QED) is 0.710. The van der Waals surface area contributed by atoms with E-state index in [2.05, 4.69) is 16.1 Å². The first-order chi connectivity index (χ1) is 12.0. The maximum atomic E-state index is 10.7. The Morgan fingerprint density at radius 3 is 2.92 bits per heavy atom. The molecular formula is C16H16N4O3S2. The van der Waals surface area contributed by atoms with Gasteiger partial charge in [-0.1, -0.05) is 11.8 Å². The Kier molecular flexibility index (Phi) is 5.25. The van der Waals surface area contributed by atoms with Crippen LogP contribution in [0.25, 0.3) is 11.1 Å². The van der Waals surface area contributed by atoms with Gasteiger partial charge in [-0.25, -0.2) is 9.78 Å². The van der Waals surface area contributed by atoms with E-state index < -0.39 is 6.09 Å². The summed E-state index contributed by atoms with van der Waals surface area (Å²) in [7, 11) is 3.53. The normalized spacial score (nSPS) is 10.6. The molecule has 0 saturated heterocycles. The molecule has 7 nitrogen and oxygen atoms in total. The Bertz CT molecular complexity index is 891. The maximum absolute atomic E-state index is 10.7. The molecule has 0 aliphatic heterocycles. The molecule has 3 rings (SSSR count). The van der Waals surface area contributed by atoms with Crippen molar-refractivity contribution >= 4 is 29.2 Å². The number of benzene rings is 1. The number of nitrogens with two attached hydrogens (primary N) is 1. The Balaban J connectivity index is 1.80. The van der Waals surface area contributed by atoms with E-state index in [0.29, 0.717) is 5.01 Å². The zero-order valence-corrected chi connectivity index (χ0v) is 15.3. The summed E-state index contributed by atoms with van der Waals surface area (Å²) < 4.78 is 13.0. The molecule has 0 aliphatic carbocycles. The van der Waals surface area contributed by atoms with Gasteiger partial charge in [-0.15, -0.1) is 11.3 Å². The fourth-order valence-electron chi connectivity index (χ4n) is 2.19. The minimum atomic E-state index is -0.805. The summed E-state index contributed by atoms with van der Waals surface area (Å²) in [6.45, 7) is 0.0874. The van der Waals surface area contributed by atoms with Crippen molar-refractivity contribution in [2.75, 3.05) is 7.11 Å². The zero-order valence-electron chi connectivity index (χ0n) is 13.6. The van der Waals surface area contributed by atoms with E-state index in [1.54, 1.807) is 35.9 Å². The van der Waals surface area contributed by atoms with Gasteiger partial charge in [-0.3, -0.25) is 4.68 Å². The van der Waals surface area contributed by atoms with Crippen LogP contribution in [0.15, 0.2) is 45.9 Å². The Hall–Kier alpha value is -2.52. The fourth-order valence-corrected chi connectivity index (χ4v) is 4.15. The third kappa shape index (κ3) is 4.31. The van der Waals surface area contributed by atoms with Gasteiger partial charge in [0.1, 0.15) is 17.4 Å². The van der Waals surface area contributed by atoms with E-state index in [1.807, 2.05) is 25.4 Å². The van der Waals surface area contributed by atoms with Gasteiger partial charge < -0.3 is 15.2 Å². The molecule has 0 aliphatic rings. The zero-order chi connectivity index (χ0) is 17.8. The van der Waals surface area contributed by atoms with Crippen molar-refractivity contribution in [3.8, 4) is 16.9 Å². The fraction of sp³-hybridized carbons (Fsp3) is 0.188. The van der Waals surface area contributed by atoms with Crippen molar-refractivity contribution in [2.24, 2.45) is 12.8 Å². The summed E-state index contributed by atoms with van der Waals surface area (Å²) in [6, 6.07) is 5.98. The Morgan fingerprint density at radius 1 is 1.40 bits per heavy atom. The lowest BCUT2D eigenvalue weighted by atomic mass is 10.1. The molecule has 1 amide bonds. The summed E-state index contributed by atoms with van der Waals surface area (Å²) in [4.78, 5) is 15.9. The SMILES string of the molecule is COc1ccc(Sc2cnc(COC(N)=O)s2)cc1-c1cnn(C)c1. The van der Waals surface area contributed by atoms with Crippen LogP contribution < -0.4 is 10.5 Å². The molecule has 25 heavy (non-hydrogen) atoms. The summed E-state index contributed by atoms with van der Waals surface area (Å²) >= 11 is 3.04. The highest BCUT2D eigenvalue weighted by Gasteiger charge is 2.11. The van der Waals surface area contributed by atoms with Crippen LogP contribution in [-0.4, -0.2) is 28.0 Å². The molecular weight excluding hydrogens is 360 g/mol. The molecule has 0 radical (unpaired) electrons. The van der Waals surface area contributed by atoms with Crippen LogP contribution in [0.5, 0.6) is 5.75 Å². The van der Waals surface area contributed by atoms with E-state index >= 15 is 0 Å². The first-order valence-electron chi connectivity index (χ1n) is 7.27. The molecule has 9 heteroatoms. The van der Waals surface area contributed by atoms with Crippen LogP contribution in [-0.2, 0) is 18.4 Å². The van der Waals surface area contributed by atoms with E-state index in [0.717, 1.165) is 26.0 Å². The van der Waals surface area contributed by atoms with Crippen molar-refractivity contribution in [3.63, 3.8) is 0 Å². The Morgan fingerprint density at radius 2 is 2.24 bits per heavy atom. The number of rotatable bonds is 6. The number of nitrogens with zero attached hydrogens (tertiary/aromatic N) is 3. The van der Waals surface area contributed by atoms with Gasteiger partial charge >= 0.3 is 6.09 Å². The van der Waals surface area contributed by atoms with Crippen molar-refractivity contribution in [1.82, 2.24) is 14.8 Å². The predicted octanol–water partition coefficient (Wildman–Crippen LogP) is 3.30. The van der Waals surface area contributed by atoms with Gasteiger partial charge in [-0.05, 0) is 18.2 Å². The minimum absolute atomic E-state index is 0.0874. The number of carbonyl (C=O) groups is 1. The van der Waals surface area contributed by atoms with Crippen LogP contribution >= 0.6 is 23.1 Å². The van der Waals surface area contributed by atoms with E-state index in [9.17, 15) is 4.79 Å². The van der Waals surface area contributed by atoms with Crippen LogP contribution in [0.2, 0.25) is 0 Å². The molecule has 2 heterocycles. The molecule has 130 valence electrons. The number of amides is 1. The highest BCUT2D eigenvalue weighted by atomic mass is 32.2. The van der Waals surface area contributed by atoms with Crippen LogP contribution in [0, 0.1) is 0 Å². The van der Waals surface area contributed by atoms with Crippen molar-refractivity contribution in [3.05, 3.63) is 41.8 Å². The summed E-state index contributed by atoms with van der Waals surface area (Å²) in [5.41, 5.74) is 6.93. The second-order valence-electron chi connectivity index (χ2n) is 5.05. The molecule has 0 spiro atoms. The molecule has 2 N–H and O–H groups in total. The van der Waals surface area contributed by atoms with Crippen molar-refractivity contribution in [1.29, 1.82) is 0 Å². The molecule has 0 saturated carbocycles. The first-order valence-corrected chi connectivity index (χ1v) is 8.90. The third-order valence-electron chi connectivity index (χ3n) is 3.28. The number of ether oxygens (including phenoxy) is 2. The monoisotopic (exact) mass is 376 g/mol. The molecule has 2 aromatic heterocycles. The molecule has 0 bridgehead atoms. The number of methoxy groups -OCH3 is 1. The number of aryl methyl sites for hydroxylation is 1. The minimum Gasteiger partial charge on any atom is -0.496 e. The first kappa shape index (κ1) is 17.3. The number of aromatic nitrogens is 3. The topological polar surface area (TPSA) is 92.3 Å². The van der Waals surface area contributed by atoms with Gasteiger partial charge in [0.05, 0.1) is 23.7 Å². The number of primary amides is 1.